The maximum absolute atomic E-state index is 11.7. The number of hydrogen-bond donors (Lipinski definition) is 4. The predicted molar refractivity (Wildman–Crippen MR) is 168 cm³/mol. The van der Waals surface area contributed by atoms with E-state index in [9.17, 15) is 25.2 Å². The highest BCUT2D eigenvalue weighted by atomic mass is 16.5. The molecule has 0 aliphatic carbocycles. The summed E-state index contributed by atoms with van der Waals surface area (Å²) in [6, 6.07) is 0. The number of aliphatic hydroxyl groups is 4. The molecule has 7 heteroatoms. The van der Waals surface area contributed by atoms with Gasteiger partial charge in [-0.25, -0.2) is 4.79 Å². The van der Waals surface area contributed by atoms with Crippen molar-refractivity contribution in [3.8, 4) is 0 Å². The highest BCUT2D eigenvalue weighted by molar-refractivity contribution is 5.90. The van der Waals surface area contributed by atoms with Crippen molar-refractivity contribution in [1.82, 2.24) is 0 Å². The molecular formula is C35H64O7. The van der Waals surface area contributed by atoms with E-state index in [0.29, 0.717) is 37.7 Å². The summed E-state index contributed by atoms with van der Waals surface area (Å²) in [6.45, 7) is 4.07. The topological polar surface area (TPSA) is 116 Å². The van der Waals surface area contributed by atoms with Crippen LogP contribution >= 0.6 is 0 Å². The van der Waals surface area contributed by atoms with Crippen LogP contribution in [-0.2, 0) is 14.3 Å². The van der Waals surface area contributed by atoms with Crippen LogP contribution in [0, 0.1) is 0 Å². The highest BCUT2D eigenvalue weighted by Gasteiger charge is 2.31. The number of cyclic esters (lactones) is 1. The van der Waals surface area contributed by atoms with Gasteiger partial charge in [0.1, 0.15) is 6.10 Å². The molecule has 2 aliphatic rings. The highest BCUT2D eigenvalue weighted by Crippen LogP contribution is 2.28. The maximum atomic E-state index is 11.7. The fraction of sp³-hybridized carbons (Fsp3) is 0.914. The number of ether oxygens (including phenoxy) is 2. The van der Waals surface area contributed by atoms with Crippen LogP contribution in [0.25, 0.3) is 0 Å². The molecule has 246 valence electrons. The number of hydrogen-bond acceptors (Lipinski definition) is 7. The van der Waals surface area contributed by atoms with Gasteiger partial charge in [0.15, 0.2) is 0 Å². The number of aliphatic hydroxyl groups excluding tert-OH is 4. The Kier molecular flexibility index (Phi) is 19.9. The number of carbonyl (C=O) groups excluding carboxylic acids is 1. The fourth-order valence-corrected chi connectivity index (χ4v) is 6.40. The Morgan fingerprint density at radius 3 is 1.93 bits per heavy atom. The molecule has 0 saturated carbocycles. The minimum absolute atomic E-state index is 0.168. The lowest BCUT2D eigenvalue weighted by atomic mass is 9.97. The van der Waals surface area contributed by atoms with Gasteiger partial charge >= 0.3 is 5.97 Å². The van der Waals surface area contributed by atoms with Crippen molar-refractivity contribution in [2.45, 2.75) is 204 Å². The predicted octanol–water partition coefficient (Wildman–Crippen LogP) is 7.06. The van der Waals surface area contributed by atoms with Gasteiger partial charge in [-0.2, -0.15) is 0 Å². The SMILES string of the molecule is CCCCCCCCCCCC[C@H](O)[C@H](O)CC[C@H](O)[C@H]1CC[C@H](CCCCCCC[C@@H](O)CC2=C[C@H](C)OC2=O)O1. The standard InChI is InChI=1S/C35H64O7/c1-3-4-5-6-7-8-9-10-14-17-20-31(37)32(38)22-23-33(39)34-24-21-30(42-34)19-16-13-11-12-15-18-29(36)26-28-25-27(2)41-35(28)40/h25,27,29-34,36-39H,3-24,26H2,1-2H3/t27-,29+,30-,31-,32+,33-,34+/m0/s1. The van der Waals surface area contributed by atoms with Crippen LogP contribution < -0.4 is 0 Å². The Balaban J connectivity index is 1.42. The van der Waals surface area contributed by atoms with Crippen molar-refractivity contribution in [1.29, 1.82) is 0 Å². The first-order chi connectivity index (χ1) is 20.3. The van der Waals surface area contributed by atoms with Crippen LogP contribution in [0.15, 0.2) is 11.6 Å². The smallest absolute Gasteiger partial charge is 0.334 e. The van der Waals surface area contributed by atoms with Gasteiger partial charge in [-0.1, -0.05) is 103 Å². The van der Waals surface area contributed by atoms with Gasteiger partial charge in [-0.05, 0) is 57.9 Å². The summed E-state index contributed by atoms with van der Waals surface area (Å²) in [7, 11) is 0. The van der Waals surface area contributed by atoms with Crippen molar-refractivity contribution >= 4 is 5.97 Å². The van der Waals surface area contributed by atoms with E-state index in [1.165, 1.54) is 51.4 Å². The van der Waals surface area contributed by atoms with Crippen LogP contribution in [0.1, 0.15) is 162 Å². The lowest BCUT2D eigenvalue weighted by Crippen LogP contribution is -2.31. The molecule has 0 aromatic carbocycles. The number of rotatable bonds is 26. The zero-order valence-corrected chi connectivity index (χ0v) is 26.9. The second kappa shape index (κ2) is 22.5. The largest absolute Gasteiger partial charge is 0.455 e. The zero-order chi connectivity index (χ0) is 30.6. The van der Waals surface area contributed by atoms with Crippen molar-refractivity contribution in [2.24, 2.45) is 0 Å². The molecule has 7 nitrogen and oxygen atoms in total. The molecule has 1 saturated heterocycles. The van der Waals surface area contributed by atoms with Crippen LogP contribution in [0.4, 0.5) is 0 Å². The van der Waals surface area contributed by atoms with Gasteiger partial charge in [0, 0.05) is 12.0 Å². The van der Waals surface area contributed by atoms with Gasteiger partial charge in [0.05, 0.1) is 36.6 Å². The summed E-state index contributed by atoms with van der Waals surface area (Å²) < 4.78 is 11.2. The van der Waals surface area contributed by atoms with Crippen LogP contribution in [0.5, 0.6) is 0 Å². The maximum Gasteiger partial charge on any atom is 0.334 e. The first-order valence-electron chi connectivity index (χ1n) is 17.6. The van der Waals surface area contributed by atoms with Crippen molar-refractivity contribution in [3.63, 3.8) is 0 Å². The molecule has 0 radical (unpaired) electrons. The van der Waals surface area contributed by atoms with E-state index in [2.05, 4.69) is 6.92 Å². The molecule has 0 spiro atoms. The molecular weight excluding hydrogens is 532 g/mol. The second-order valence-corrected chi connectivity index (χ2v) is 13.1. The molecule has 0 amide bonds. The van der Waals surface area contributed by atoms with Crippen molar-refractivity contribution in [2.75, 3.05) is 0 Å². The second-order valence-electron chi connectivity index (χ2n) is 13.1. The van der Waals surface area contributed by atoms with E-state index in [-0.39, 0.29) is 24.3 Å². The molecule has 42 heavy (non-hydrogen) atoms. The number of carbonyl (C=O) groups is 1. The first-order valence-corrected chi connectivity index (χ1v) is 17.6. The van der Waals surface area contributed by atoms with Gasteiger partial charge in [0.2, 0.25) is 0 Å². The average Bonchev–Trinajstić information content (AvgIpc) is 3.57. The lowest BCUT2D eigenvalue weighted by Gasteiger charge is -2.22. The molecule has 2 heterocycles. The Morgan fingerprint density at radius 1 is 0.738 bits per heavy atom. The molecule has 0 aromatic rings. The molecule has 2 rings (SSSR count). The summed E-state index contributed by atoms with van der Waals surface area (Å²) in [6.07, 6.45) is 22.4. The van der Waals surface area contributed by atoms with Gasteiger partial charge < -0.3 is 29.9 Å². The summed E-state index contributed by atoms with van der Waals surface area (Å²) in [5.41, 5.74) is 0.600. The number of unbranched alkanes of at least 4 members (excludes halogenated alkanes) is 13. The monoisotopic (exact) mass is 596 g/mol. The Labute approximate surface area is 256 Å². The van der Waals surface area contributed by atoms with Crippen LogP contribution in [0.2, 0.25) is 0 Å². The zero-order valence-electron chi connectivity index (χ0n) is 26.9. The van der Waals surface area contributed by atoms with E-state index in [4.69, 9.17) is 9.47 Å². The Morgan fingerprint density at radius 2 is 1.31 bits per heavy atom. The van der Waals surface area contributed by atoms with E-state index in [0.717, 1.165) is 64.2 Å². The van der Waals surface area contributed by atoms with E-state index >= 15 is 0 Å². The molecule has 2 aliphatic heterocycles. The summed E-state index contributed by atoms with van der Waals surface area (Å²) >= 11 is 0. The van der Waals surface area contributed by atoms with E-state index in [1.54, 1.807) is 6.08 Å². The summed E-state index contributed by atoms with van der Waals surface area (Å²) in [4.78, 5) is 11.7. The van der Waals surface area contributed by atoms with E-state index in [1.807, 2.05) is 6.92 Å². The number of esters is 1. The van der Waals surface area contributed by atoms with E-state index < -0.39 is 24.4 Å². The molecule has 0 bridgehead atoms. The fourth-order valence-electron chi connectivity index (χ4n) is 6.40. The normalized spacial score (nSPS) is 23.5. The minimum Gasteiger partial charge on any atom is -0.455 e. The molecule has 1 fully saturated rings. The average molecular weight is 597 g/mol. The first kappa shape index (κ1) is 37.2. The van der Waals surface area contributed by atoms with Gasteiger partial charge in [-0.3, -0.25) is 0 Å². The van der Waals surface area contributed by atoms with Crippen LogP contribution in [0.3, 0.4) is 0 Å². The third kappa shape index (κ3) is 16.2. The lowest BCUT2D eigenvalue weighted by molar-refractivity contribution is -0.139. The quantitative estimate of drug-likeness (QED) is 0.0624. The third-order valence-electron chi connectivity index (χ3n) is 9.14. The van der Waals surface area contributed by atoms with Crippen molar-refractivity contribution in [3.05, 3.63) is 11.6 Å². The molecule has 4 N–H and O–H groups in total. The molecule has 7 atom stereocenters. The Bertz CT molecular complexity index is 726. The summed E-state index contributed by atoms with van der Waals surface area (Å²) in [5.74, 6) is -0.295. The summed E-state index contributed by atoms with van der Waals surface area (Å²) in [5, 5.41) is 41.6. The molecule has 0 unspecified atom stereocenters. The van der Waals surface area contributed by atoms with Crippen LogP contribution in [-0.4, -0.2) is 69.1 Å². The van der Waals surface area contributed by atoms with Gasteiger partial charge in [-0.15, -0.1) is 0 Å². The third-order valence-corrected chi connectivity index (χ3v) is 9.14. The van der Waals surface area contributed by atoms with Gasteiger partial charge in [0.25, 0.3) is 0 Å². The van der Waals surface area contributed by atoms with Crippen molar-refractivity contribution < 1.29 is 34.7 Å². The minimum atomic E-state index is -0.781. The molecule has 0 aromatic heterocycles. The Hall–Kier alpha value is -0.990.